The van der Waals surface area contributed by atoms with Gasteiger partial charge >= 0.3 is 0 Å². The maximum atomic E-state index is 12.2. The van der Waals surface area contributed by atoms with Gasteiger partial charge in [-0.2, -0.15) is 0 Å². The number of hydrogen-bond acceptors (Lipinski definition) is 3. The van der Waals surface area contributed by atoms with Gasteiger partial charge in [0.05, 0.1) is 11.9 Å². The van der Waals surface area contributed by atoms with E-state index >= 15 is 0 Å². The molecule has 0 saturated heterocycles. The standard InChI is InChI=1S/C17H18BrClN2O3S/c1-25(23,24)21(16-5-3-2-4-15(16)18)12-17(22)20-11-10-13-6-8-14(19)9-7-13/h2-9H,10-12H2,1H3,(H,20,22). The third-order valence-corrected chi connectivity index (χ3v) is 5.51. The second-order valence-corrected chi connectivity index (χ2v) is 8.65. The number of para-hydroxylation sites is 1. The fourth-order valence-corrected chi connectivity index (χ4v) is 3.83. The van der Waals surface area contributed by atoms with E-state index < -0.39 is 10.0 Å². The van der Waals surface area contributed by atoms with Crippen molar-refractivity contribution in [1.29, 1.82) is 0 Å². The van der Waals surface area contributed by atoms with Crippen molar-refractivity contribution in [1.82, 2.24) is 5.32 Å². The number of halogens is 2. The Bertz CT molecular complexity index is 841. The molecule has 2 rings (SSSR count). The maximum Gasteiger partial charge on any atom is 0.240 e. The third-order valence-electron chi connectivity index (χ3n) is 3.46. The number of carbonyl (C=O) groups excluding carboxylic acids is 1. The van der Waals surface area contributed by atoms with Crippen molar-refractivity contribution in [2.75, 3.05) is 23.7 Å². The van der Waals surface area contributed by atoms with Crippen molar-refractivity contribution >= 4 is 49.1 Å². The van der Waals surface area contributed by atoms with Crippen LogP contribution in [0.3, 0.4) is 0 Å². The average Bonchev–Trinajstić information content (AvgIpc) is 2.54. The quantitative estimate of drug-likeness (QED) is 0.711. The first kappa shape index (κ1) is 19.8. The van der Waals surface area contributed by atoms with Gasteiger partial charge in [0, 0.05) is 16.0 Å². The van der Waals surface area contributed by atoms with Crippen LogP contribution in [0.4, 0.5) is 5.69 Å². The van der Waals surface area contributed by atoms with Gasteiger partial charge in [-0.1, -0.05) is 35.9 Å². The molecule has 134 valence electrons. The summed E-state index contributed by atoms with van der Waals surface area (Å²) in [6.45, 7) is 0.135. The zero-order valence-electron chi connectivity index (χ0n) is 13.6. The Morgan fingerprint density at radius 1 is 1.16 bits per heavy atom. The van der Waals surface area contributed by atoms with Crippen LogP contribution >= 0.6 is 27.5 Å². The third kappa shape index (κ3) is 6.02. The summed E-state index contributed by atoms with van der Waals surface area (Å²) in [5.74, 6) is -0.366. The fourth-order valence-electron chi connectivity index (χ4n) is 2.22. The molecule has 1 N–H and O–H groups in total. The number of nitrogens with one attached hydrogen (secondary N) is 1. The Hall–Kier alpha value is -1.57. The first-order valence-corrected chi connectivity index (χ1v) is 10.5. The second-order valence-electron chi connectivity index (χ2n) is 5.45. The number of hydrogen-bond donors (Lipinski definition) is 1. The summed E-state index contributed by atoms with van der Waals surface area (Å²) in [6.07, 6.45) is 1.71. The monoisotopic (exact) mass is 444 g/mol. The summed E-state index contributed by atoms with van der Waals surface area (Å²) in [6, 6.07) is 14.2. The molecular weight excluding hydrogens is 428 g/mol. The number of benzene rings is 2. The highest BCUT2D eigenvalue weighted by Gasteiger charge is 2.22. The molecule has 0 aliphatic carbocycles. The van der Waals surface area contributed by atoms with E-state index in [4.69, 9.17) is 11.6 Å². The topological polar surface area (TPSA) is 66.5 Å². The van der Waals surface area contributed by atoms with E-state index in [0.717, 1.165) is 16.1 Å². The number of amides is 1. The van der Waals surface area contributed by atoms with Crippen LogP contribution in [-0.2, 0) is 21.2 Å². The van der Waals surface area contributed by atoms with E-state index in [1.807, 2.05) is 12.1 Å². The molecule has 0 fully saturated rings. The van der Waals surface area contributed by atoms with Crippen LogP contribution < -0.4 is 9.62 Å². The zero-order valence-corrected chi connectivity index (χ0v) is 16.7. The SMILES string of the molecule is CS(=O)(=O)N(CC(=O)NCCc1ccc(Cl)cc1)c1ccccc1Br. The van der Waals surface area contributed by atoms with E-state index in [1.54, 1.807) is 36.4 Å². The molecule has 0 saturated carbocycles. The summed E-state index contributed by atoms with van der Waals surface area (Å²) >= 11 is 9.15. The Morgan fingerprint density at radius 2 is 1.80 bits per heavy atom. The Balaban J connectivity index is 1.98. The van der Waals surface area contributed by atoms with Crippen molar-refractivity contribution in [3.8, 4) is 0 Å². The molecule has 0 atom stereocenters. The average molecular weight is 446 g/mol. The Labute approximate surface area is 161 Å². The molecule has 0 aliphatic rings. The first-order valence-electron chi connectivity index (χ1n) is 7.51. The molecule has 0 unspecified atom stereocenters. The molecule has 0 heterocycles. The van der Waals surface area contributed by atoms with Crippen LogP contribution in [-0.4, -0.2) is 33.7 Å². The van der Waals surface area contributed by atoms with Crippen molar-refractivity contribution in [2.45, 2.75) is 6.42 Å². The van der Waals surface area contributed by atoms with Crippen LogP contribution in [0.5, 0.6) is 0 Å². The van der Waals surface area contributed by atoms with Crippen molar-refractivity contribution < 1.29 is 13.2 Å². The van der Waals surface area contributed by atoms with Gasteiger partial charge in [0.25, 0.3) is 0 Å². The lowest BCUT2D eigenvalue weighted by Gasteiger charge is -2.23. The zero-order chi connectivity index (χ0) is 18.4. The molecule has 25 heavy (non-hydrogen) atoms. The molecule has 2 aromatic carbocycles. The predicted octanol–water partition coefficient (Wildman–Crippen LogP) is 3.23. The lowest BCUT2D eigenvalue weighted by molar-refractivity contribution is -0.119. The van der Waals surface area contributed by atoms with E-state index in [9.17, 15) is 13.2 Å². The number of nitrogens with zero attached hydrogens (tertiary/aromatic N) is 1. The molecular formula is C17H18BrClN2O3S. The molecule has 5 nitrogen and oxygen atoms in total. The lowest BCUT2D eigenvalue weighted by Crippen LogP contribution is -2.41. The highest BCUT2D eigenvalue weighted by molar-refractivity contribution is 9.10. The number of rotatable bonds is 7. The molecule has 0 bridgehead atoms. The van der Waals surface area contributed by atoms with Gasteiger partial charge in [0.2, 0.25) is 15.9 Å². The Morgan fingerprint density at radius 3 is 2.40 bits per heavy atom. The van der Waals surface area contributed by atoms with Gasteiger partial charge in [-0.05, 0) is 52.2 Å². The van der Waals surface area contributed by atoms with Crippen LogP contribution in [0.15, 0.2) is 53.0 Å². The number of sulfonamides is 1. The minimum Gasteiger partial charge on any atom is -0.354 e. The van der Waals surface area contributed by atoms with E-state index in [1.165, 1.54) is 0 Å². The van der Waals surface area contributed by atoms with Crippen LogP contribution in [0, 0.1) is 0 Å². The largest absolute Gasteiger partial charge is 0.354 e. The highest BCUT2D eigenvalue weighted by Crippen LogP contribution is 2.27. The smallest absolute Gasteiger partial charge is 0.240 e. The van der Waals surface area contributed by atoms with Gasteiger partial charge < -0.3 is 5.32 Å². The van der Waals surface area contributed by atoms with Crippen molar-refractivity contribution in [3.63, 3.8) is 0 Å². The van der Waals surface area contributed by atoms with E-state index in [-0.39, 0.29) is 12.5 Å². The van der Waals surface area contributed by atoms with Gasteiger partial charge in [-0.25, -0.2) is 8.42 Å². The molecule has 0 aromatic heterocycles. The molecule has 0 spiro atoms. The number of carbonyl (C=O) groups is 1. The van der Waals surface area contributed by atoms with Gasteiger partial charge in [0.1, 0.15) is 6.54 Å². The van der Waals surface area contributed by atoms with Crippen molar-refractivity contribution in [2.24, 2.45) is 0 Å². The molecule has 0 aliphatic heterocycles. The van der Waals surface area contributed by atoms with Crippen LogP contribution in [0.2, 0.25) is 5.02 Å². The molecule has 1 amide bonds. The van der Waals surface area contributed by atoms with Crippen LogP contribution in [0.1, 0.15) is 5.56 Å². The summed E-state index contributed by atoms with van der Waals surface area (Å²) < 4.78 is 25.8. The normalized spacial score (nSPS) is 11.2. The lowest BCUT2D eigenvalue weighted by atomic mass is 10.1. The fraction of sp³-hybridized carbons (Fsp3) is 0.235. The summed E-state index contributed by atoms with van der Waals surface area (Å²) in [7, 11) is -3.59. The van der Waals surface area contributed by atoms with Crippen molar-refractivity contribution in [3.05, 3.63) is 63.6 Å². The minimum absolute atomic E-state index is 0.276. The first-order chi connectivity index (χ1) is 11.8. The summed E-state index contributed by atoms with van der Waals surface area (Å²) in [4.78, 5) is 12.2. The number of anilines is 1. The second kappa shape index (κ2) is 8.69. The van der Waals surface area contributed by atoms with E-state index in [2.05, 4.69) is 21.2 Å². The van der Waals surface area contributed by atoms with Gasteiger partial charge in [0.15, 0.2) is 0 Å². The summed E-state index contributed by atoms with van der Waals surface area (Å²) in [5, 5.41) is 3.40. The summed E-state index contributed by atoms with van der Waals surface area (Å²) in [5.41, 5.74) is 1.47. The minimum atomic E-state index is -3.59. The van der Waals surface area contributed by atoms with Gasteiger partial charge in [-0.3, -0.25) is 9.10 Å². The van der Waals surface area contributed by atoms with E-state index in [0.29, 0.717) is 28.1 Å². The predicted molar refractivity (Wildman–Crippen MR) is 104 cm³/mol. The highest BCUT2D eigenvalue weighted by atomic mass is 79.9. The maximum absolute atomic E-state index is 12.2. The molecule has 8 heteroatoms. The Kier molecular flexibility index (Phi) is 6.87. The molecule has 0 radical (unpaired) electrons. The molecule has 2 aromatic rings. The van der Waals surface area contributed by atoms with Gasteiger partial charge in [-0.15, -0.1) is 0 Å². The van der Waals surface area contributed by atoms with Crippen LogP contribution in [0.25, 0.3) is 0 Å².